The topological polar surface area (TPSA) is 36.2 Å². The van der Waals surface area contributed by atoms with Gasteiger partial charge >= 0.3 is 0 Å². The summed E-state index contributed by atoms with van der Waals surface area (Å²) in [5.41, 5.74) is 3.74. The number of fused-ring (bicyclic) bond motifs is 2. The van der Waals surface area contributed by atoms with Crippen molar-refractivity contribution in [2.75, 3.05) is 0 Å². The van der Waals surface area contributed by atoms with E-state index in [1.54, 1.807) is 0 Å². The van der Waals surface area contributed by atoms with Gasteiger partial charge in [-0.2, -0.15) is 0 Å². The van der Waals surface area contributed by atoms with Crippen molar-refractivity contribution in [3.05, 3.63) is 90.0 Å². The molecule has 0 radical (unpaired) electrons. The molecule has 0 saturated heterocycles. The lowest BCUT2D eigenvalue weighted by Crippen LogP contribution is -1.95. The molecular formula is C23H18N2. The zero-order valence-electron chi connectivity index (χ0n) is 14.0. The van der Waals surface area contributed by atoms with E-state index in [4.69, 9.17) is 10.4 Å². The quantitative estimate of drug-likeness (QED) is 0.440. The molecule has 0 heterocycles. The van der Waals surface area contributed by atoms with Crippen LogP contribution in [0.3, 0.4) is 0 Å². The lowest BCUT2D eigenvalue weighted by atomic mass is 10.0. The third-order valence-corrected chi connectivity index (χ3v) is 4.53. The van der Waals surface area contributed by atoms with Gasteiger partial charge in [0.2, 0.25) is 0 Å². The fraction of sp³-hybridized carbons (Fsp3) is 0.0435. The molecular weight excluding hydrogens is 304 g/mol. The van der Waals surface area contributed by atoms with Crippen molar-refractivity contribution in [3.63, 3.8) is 0 Å². The first-order chi connectivity index (χ1) is 12.3. The highest BCUT2D eigenvalue weighted by atomic mass is 14.8. The average molecular weight is 322 g/mol. The minimum Gasteiger partial charge on any atom is -0.308 e. The summed E-state index contributed by atoms with van der Waals surface area (Å²) < 4.78 is 0. The van der Waals surface area contributed by atoms with Crippen LogP contribution in [-0.4, -0.2) is 11.9 Å². The normalized spacial score (nSPS) is 11.8. The second-order valence-corrected chi connectivity index (χ2v) is 6.13. The fourth-order valence-electron chi connectivity index (χ4n) is 3.16. The predicted molar refractivity (Wildman–Crippen MR) is 108 cm³/mol. The molecule has 0 amide bonds. The first kappa shape index (κ1) is 15.3. The van der Waals surface area contributed by atoms with Crippen LogP contribution < -0.4 is 0 Å². The summed E-state index contributed by atoms with van der Waals surface area (Å²) in [5, 5.41) is 12.4. The minimum absolute atomic E-state index is 0.832. The molecule has 0 aliphatic heterocycles. The first-order valence-electron chi connectivity index (χ1n) is 8.33. The van der Waals surface area contributed by atoms with Gasteiger partial charge in [0.25, 0.3) is 0 Å². The average Bonchev–Trinajstić information content (AvgIpc) is 2.67. The van der Waals surface area contributed by atoms with Crippen LogP contribution in [0.25, 0.3) is 21.5 Å². The van der Waals surface area contributed by atoms with Crippen molar-refractivity contribution in [3.8, 4) is 0 Å². The molecule has 0 aliphatic carbocycles. The maximum atomic E-state index is 7.72. The monoisotopic (exact) mass is 322 g/mol. The summed E-state index contributed by atoms with van der Waals surface area (Å²) in [5.74, 6) is 0. The Kier molecular flexibility index (Phi) is 3.87. The Labute approximate surface area is 147 Å². The van der Waals surface area contributed by atoms with E-state index >= 15 is 0 Å². The fourth-order valence-corrected chi connectivity index (χ4v) is 3.16. The zero-order valence-corrected chi connectivity index (χ0v) is 14.0. The van der Waals surface area contributed by atoms with Gasteiger partial charge < -0.3 is 5.41 Å². The first-order valence-corrected chi connectivity index (χ1v) is 8.33. The molecule has 0 aliphatic rings. The second-order valence-electron chi connectivity index (χ2n) is 6.13. The molecule has 2 heteroatoms. The molecule has 4 aromatic carbocycles. The Morgan fingerprint density at radius 3 is 2.28 bits per heavy atom. The van der Waals surface area contributed by atoms with Crippen molar-refractivity contribution >= 4 is 39.2 Å². The summed E-state index contributed by atoms with van der Waals surface area (Å²) in [7, 11) is 0. The number of hydrogen-bond donors (Lipinski definition) is 1. The molecule has 0 atom stereocenters. The third kappa shape index (κ3) is 2.83. The highest BCUT2D eigenvalue weighted by Gasteiger charge is 2.07. The third-order valence-electron chi connectivity index (χ3n) is 4.53. The van der Waals surface area contributed by atoms with E-state index in [1.165, 1.54) is 17.0 Å². The van der Waals surface area contributed by atoms with Crippen LogP contribution in [0.2, 0.25) is 0 Å². The van der Waals surface area contributed by atoms with Gasteiger partial charge in [0.15, 0.2) is 0 Å². The summed E-state index contributed by atoms with van der Waals surface area (Å²) in [4.78, 5) is 4.90. The molecule has 0 saturated carbocycles. The molecule has 0 spiro atoms. The Bertz CT molecular complexity index is 1120. The van der Waals surface area contributed by atoms with E-state index < -0.39 is 0 Å². The summed E-state index contributed by atoms with van der Waals surface area (Å²) in [6, 6.07) is 26.9. The van der Waals surface area contributed by atoms with Crippen LogP contribution in [0.15, 0.2) is 83.9 Å². The van der Waals surface area contributed by atoms with E-state index in [1.807, 2.05) is 31.2 Å². The van der Waals surface area contributed by atoms with Crippen molar-refractivity contribution in [1.29, 1.82) is 5.41 Å². The number of aliphatic imine (C=N–C) groups is 1. The van der Waals surface area contributed by atoms with Gasteiger partial charge in [-0.25, -0.2) is 0 Å². The van der Waals surface area contributed by atoms with Crippen LogP contribution in [-0.2, 0) is 0 Å². The predicted octanol–water partition coefficient (Wildman–Crippen LogP) is 6.13. The zero-order chi connectivity index (χ0) is 17.2. The Balaban J connectivity index is 1.89. The van der Waals surface area contributed by atoms with Crippen molar-refractivity contribution in [1.82, 2.24) is 0 Å². The van der Waals surface area contributed by atoms with E-state index in [9.17, 15) is 0 Å². The lowest BCUT2D eigenvalue weighted by molar-refractivity contribution is 1.48. The van der Waals surface area contributed by atoms with Crippen LogP contribution >= 0.6 is 0 Å². The number of nitrogens with zero attached hydrogens (tertiary/aromatic N) is 1. The van der Waals surface area contributed by atoms with Gasteiger partial charge in [0.1, 0.15) is 0 Å². The lowest BCUT2D eigenvalue weighted by Gasteiger charge is -2.09. The Hall–Kier alpha value is -3.26. The van der Waals surface area contributed by atoms with E-state index in [2.05, 4.69) is 54.6 Å². The van der Waals surface area contributed by atoms with E-state index in [-0.39, 0.29) is 0 Å². The van der Waals surface area contributed by atoms with Gasteiger partial charge in [-0.3, -0.25) is 4.99 Å². The van der Waals surface area contributed by atoms with Crippen LogP contribution in [0.4, 0.5) is 5.69 Å². The molecule has 4 aromatic rings. The number of hydrogen-bond acceptors (Lipinski definition) is 2. The standard InChI is InChI=1S/C23H18N2/c1-16(19-12-10-17-6-2-3-8-20(17)14-19)25-23-21(15-24)13-11-18-7-4-5-9-22(18)23/h2-15,24H,1H3. The van der Waals surface area contributed by atoms with Crippen LogP contribution in [0.5, 0.6) is 0 Å². The van der Waals surface area contributed by atoms with Crippen molar-refractivity contribution < 1.29 is 0 Å². The Morgan fingerprint density at radius 1 is 0.800 bits per heavy atom. The maximum Gasteiger partial charge on any atom is 0.0798 e. The van der Waals surface area contributed by atoms with Gasteiger partial charge in [0, 0.05) is 22.9 Å². The van der Waals surface area contributed by atoms with Crippen molar-refractivity contribution in [2.45, 2.75) is 6.92 Å². The van der Waals surface area contributed by atoms with Crippen LogP contribution in [0.1, 0.15) is 18.1 Å². The molecule has 1 N–H and O–H groups in total. The molecule has 4 rings (SSSR count). The molecule has 25 heavy (non-hydrogen) atoms. The largest absolute Gasteiger partial charge is 0.308 e. The SMILES string of the molecule is CC(=Nc1c(C=N)ccc2ccccc12)c1ccc2ccccc2c1. The summed E-state index contributed by atoms with van der Waals surface area (Å²) in [6.45, 7) is 2.03. The molecule has 0 aromatic heterocycles. The number of benzene rings is 4. The van der Waals surface area contributed by atoms with E-state index in [0.29, 0.717) is 0 Å². The summed E-state index contributed by atoms with van der Waals surface area (Å²) >= 11 is 0. The summed E-state index contributed by atoms with van der Waals surface area (Å²) in [6.07, 6.45) is 1.37. The van der Waals surface area contributed by atoms with Gasteiger partial charge in [-0.15, -0.1) is 0 Å². The molecule has 0 bridgehead atoms. The molecule has 0 fully saturated rings. The highest BCUT2D eigenvalue weighted by Crippen LogP contribution is 2.30. The van der Waals surface area contributed by atoms with Gasteiger partial charge in [-0.1, -0.05) is 72.8 Å². The van der Waals surface area contributed by atoms with E-state index in [0.717, 1.165) is 33.3 Å². The minimum atomic E-state index is 0.832. The number of nitrogens with one attached hydrogen (secondary N) is 1. The molecule has 0 unspecified atom stereocenters. The smallest absolute Gasteiger partial charge is 0.0798 e. The van der Waals surface area contributed by atoms with Gasteiger partial charge in [0.05, 0.1) is 5.69 Å². The molecule has 2 nitrogen and oxygen atoms in total. The van der Waals surface area contributed by atoms with Gasteiger partial charge in [-0.05, 0) is 34.7 Å². The van der Waals surface area contributed by atoms with Crippen LogP contribution in [0, 0.1) is 5.41 Å². The molecule has 120 valence electrons. The highest BCUT2D eigenvalue weighted by molar-refractivity contribution is 6.08. The maximum absolute atomic E-state index is 7.72. The second kappa shape index (κ2) is 6.33. The Morgan fingerprint density at radius 2 is 1.48 bits per heavy atom. The van der Waals surface area contributed by atoms with Crippen molar-refractivity contribution in [2.24, 2.45) is 4.99 Å². The number of rotatable bonds is 3.